The van der Waals surface area contributed by atoms with E-state index in [1.54, 1.807) is 25.1 Å². The van der Waals surface area contributed by atoms with Gasteiger partial charge in [-0.05, 0) is 49.2 Å². The molecule has 0 bridgehead atoms. The summed E-state index contributed by atoms with van der Waals surface area (Å²) in [4.78, 5) is 39.0. The van der Waals surface area contributed by atoms with Gasteiger partial charge >= 0.3 is 12.6 Å². The number of urea groups is 1. The van der Waals surface area contributed by atoms with E-state index in [4.69, 9.17) is 9.47 Å². The first-order chi connectivity index (χ1) is 16.2. The number of carbonyl (C=O) groups excluding carboxylic acids is 3. The molecule has 180 valence electrons. The summed E-state index contributed by atoms with van der Waals surface area (Å²) in [5.41, 5.74) is -0.326. The molecule has 2 aliphatic heterocycles. The number of fused-ring (bicyclic) bond motifs is 1. The predicted molar refractivity (Wildman–Crippen MR) is 115 cm³/mol. The molecule has 11 heteroatoms. The quantitative estimate of drug-likeness (QED) is 0.597. The molecule has 34 heavy (non-hydrogen) atoms. The van der Waals surface area contributed by atoms with Gasteiger partial charge in [0.15, 0.2) is 11.5 Å². The summed E-state index contributed by atoms with van der Waals surface area (Å²) in [6.07, 6.45) is 0. The Morgan fingerprint density at radius 2 is 1.82 bits per heavy atom. The van der Waals surface area contributed by atoms with Crippen LogP contribution < -0.4 is 24.8 Å². The van der Waals surface area contributed by atoms with Crippen molar-refractivity contribution in [2.24, 2.45) is 0 Å². The van der Waals surface area contributed by atoms with Crippen molar-refractivity contribution in [1.82, 2.24) is 15.5 Å². The molecule has 0 radical (unpaired) electrons. The Kier molecular flexibility index (Phi) is 6.27. The standard InChI is InChI=1S/C23H23F2N3O6/c1-13(14-3-8-17-18(11-14)33-10-9-32-17)26-19(29)12-28-20(30)23(2,27-22(28)31)15-4-6-16(7-5-15)34-21(24)25/h3-8,11,13,21H,9-10,12H2,1-2H3,(H,26,29)(H,27,31). The highest BCUT2D eigenvalue weighted by Crippen LogP contribution is 2.33. The van der Waals surface area contributed by atoms with Crippen molar-refractivity contribution >= 4 is 17.8 Å². The minimum absolute atomic E-state index is 0.0801. The lowest BCUT2D eigenvalue weighted by atomic mass is 9.92. The smallest absolute Gasteiger partial charge is 0.387 e. The van der Waals surface area contributed by atoms with Crippen molar-refractivity contribution in [1.29, 1.82) is 0 Å². The molecule has 0 spiro atoms. The largest absolute Gasteiger partial charge is 0.486 e. The van der Waals surface area contributed by atoms with Crippen molar-refractivity contribution < 1.29 is 37.4 Å². The van der Waals surface area contributed by atoms with Gasteiger partial charge < -0.3 is 24.8 Å². The van der Waals surface area contributed by atoms with Crippen LogP contribution in [-0.4, -0.2) is 49.1 Å². The third-order valence-corrected chi connectivity index (χ3v) is 5.68. The van der Waals surface area contributed by atoms with Crippen molar-refractivity contribution in [2.75, 3.05) is 19.8 Å². The van der Waals surface area contributed by atoms with E-state index in [-0.39, 0.29) is 5.75 Å². The molecule has 1 fully saturated rings. The number of halogens is 2. The molecule has 0 aliphatic carbocycles. The Labute approximate surface area is 194 Å². The fourth-order valence-electron chi connectivity index (χ4n) is 3.85. The number of benzene rings is 2. The van der Waals surface area contributed by atoms with E-state index in [1.165, 1.54) is 31.2 Å². The number of rotatable bonds is 7. The van der Waals surface area contributed by atoms with Crippen LogP contribution in [0.15, 0.2) is 42.5 Å². The van der Waals surface area contributed by atoms with Crippen LogP contribution in [0.3, 0.4) is 0 Å². The summed E-state index contributed by atoms with van der Waals surface area (Å²) in [5, 5.41) is 5.34. The number of nitrogens with zero attached hydrogens (tertiary/aromatic N) is 1. The van der Waals surface area contributed by atoms with Crippen LogP contribution in [0.5, 0.6) is 17.2 Å². The topological polar surface area (TPSA) is 106 Å². The van der Waals surface area contributed by atoms with Crippen molar-refractivity contribution in [2.45, 2.75) is 32.0 Å². The van der Waals surface area contributed by atoms with Gasteiger partial charge in [0, 0.05) is 0 Å². The maximum absolute atomic E-state index is 13.0. The van der Waals surface area contributed by atoms with Gasteiger partial charge in [-0.1, -0.05) is 18.2 Å². The molecule has 2 unspecified atom stereocenters. The van der Waals surface area contributed by atoms with Crippen molar-refractivity contribution in [3.8, 4) is 17.2 Å². The lowest BCUT2D eigenvalue weighted by Gasteiger charge is -2.23. The molecule has 2 N–H and O–H groups in total. The highest BCUT2D eigenvalue weighted by Gasteiger charge is 2.49. The van der Waals surface area contributed by atoms with E-state index in [9.17, 15) is 23.2 Å². The number of ether oxygens (including phenoxy) is 3. The second-order valence-electron chi connectivity index (χ2n) is 8.04. The average Bonchev–Trinajstić information content (AvgIpc) is 3.02. The zero-order chi connectivity index (χ0) is 24.5. The zero-order valence-electron chi connectivity index (χ0n) is 18.5. The molecular formula is C23H23F2N3O6. The van der Waals surface area contributed by atoms with Gasteiger partial charge in [-0.15, -0.1) is 0 Å². The number of carbonyl (C=O) groups is 3. The van der Waals surface area contributed by atoms with Crippen molar-refractivity contribution in [3.05, 3.63) is 53.6 Å². The van der Waals surface area contributed by atoms with Crippen LogP contribution in [0.1, 0.15) is 31.0 Å². The summed E-state index contributed by atoms with van der Waals surface area (Å²) in [6, 6.07) is 9.53. The Bertz CT molecular complexity index is 1110. The maximum atomic E-state index is 13.0. The minimum atomic E-state index is -2.98. The third kappa shape index (κ3) is 4.59. The lowest BCUT2D eigenvalue weighted by Crippen LogP contribution is -2.43. The average molecular weight is 475 g/mol. The van der Waals surface area contributed by atoms with Gasteiger partial charge in [-0.25, -0.2) is 4.79 Å². The maximum Gasteiger partial charge on any atom is 0.387 e. The Balaban J connectivity index is 1.41. The zero-order valence-corrected chi connectivity index (χ0v) is 18.5. The molecule has 2 aromatic rings. The normalized spacial score (nSPS) is 20.2. The SMILES string of the molecule is CC(NC(=O)CN1C(=O)NC(C)(c2ccc(OC(F)F)cc2)C1=O)c1ccc2c(c1)OCCO2. The lowest BCUT2D eigenvalue weighted by molar-refractivity contribution is -0.135. The first kappa shape index (κ1) is 23.3. The molecule has 2 heterocycles. The van der Waals surface area contributed by atoms with E-state index in [0.717, 1.165) is 10.5 Å². The second kappa shape index (κ2) is 9.16. The van der Waals surface area contributed by atoms with Crippen LogP contribution in [0.4, 0.5) is 13.6 Å². The fourth-order valence-corrected chi connectivity index (χ4v) is 3.85. The molecule has 4 amide bonds. The van der Waals surface area contributed by atoms with Crippen LogP contribution in [-0.2, 0) is 15.1 Å². The minimum Gasteiger partial charge on any atom is -0.486 e. The van der Waals surface area contributed by atoms with E-state index in [2.05, 4.69) is 15.4 Å². The van der Waals surface area contributed by atoms with E-state index in [1.807, 2.05) is 0 Å². The van der Waals surface area contributed by atoms with Gasteiger partial charge in [0.05, 0.1) is 6.04 Å². The third-order valence-electron chi connectivity index (χ3n) is 5.68. The molecule has 9 nitrogen and oxygen atoms in total. The summed E-state index contributed by atoms with van der Waals surface area (Å²) in [5.74, 6) is -0.0397. The number of nitrogens with one attached hydrogen (secondary N) is 2. The van der Waals surface area contributed by atoms with Crippen LogP contribution in [0, 0.1) is 0 Å². The number of amides is 4. The highest BCUT2D eigenvalue weighted by atomic mass is 19.3. The molecule has 1 saturated heterocycles. The van der Waals surface area contributed by atoms with Gasteiger partial charge in [0.1, 0.15) is 31.0 Å². The molecule has 0 aromatic heterocycles. The van der Waals surface area contributed by atoms with Crippen LogP contribution in [0.25, 0.3) is 0 Å². The van der Waals surface area contributed by atoms with Gasteiger partial charge in [-0.3, -0.25) is 14.5 Å². The van der Waals surface area contributed by atoms with Gasteiger partial charge in [0.2, 0.25) is 5.91 Å². The number of hydrogen-bond donors (Lipinski definition) is 2. The molecular weight excluding hydrogens is 452 g/mol. The van der Waals surface area contributed by atoms with Gasteiger partial charge in [0.25, 0.3) is 5.91 Å². The first-order valence-corrected chi connectivity index (χ1v) is 10.6. The second-order valence-corrected chi connectivity index (χ2v) is 8.04. The predicted octanol–water partition coefficient (Wildman–Crippen LogP) is 2.70. The molecule has 2 aromatic carbocycles. The Morgan fingerprint density at radius 3 is 2.50 bits per heavy atom. The summed E-state index contributed by atoms with van der Waals surface area (Å²) in [6.45, 7) is 0.685. The monoisotopic (exact) mass is 475 g/mol. The summed E-state index contributed by atoms with van der Waals surface area (Å²) in [7, 11) is 0. The van der Waals surface area contributed by atoms with Crippen molar-refractivity contribution in [3.63, 3.8) is 0 Å². The number of alkyl halides is 2. The Morgan fingerprint density at radius 1 is 1.15 bits per heavy atom. The van der Waals surface area contributed by atoms with E-state index < -0.39 is 42.6 Å². The fraction of sp³-hybridized carbons (Fsp3) is 0.348. The molecule has 4 rings (SSSR count). The van der Waals surface area contributed by atoms with Gasteiger partial charge in [-0.2, -0.15) is 8.78 Å². The summed E-state index contributed by atoms with van der Waals surface area (Å²) >= 11 is 0. The Hall–Kier alpha value is -3.89. The summed E-state index contributed by atoms with van der Waals surface area (Å²) < 4.78 is 40.1. The molecule has 2 atom stereocenters. The molecule has 2 aliphatic rings. The van der Waals surface area contributed by atoms with E-state index >= 15 is 0 Å². The number of imide groups is 1. The first-order valence-electron chi connectivity index (χ1n) is 10.6. The number of hydrogen-bond acceptors (Lipinski definition) is 6. The van der Waals surface area contributed by atoms with Crippen LogP contribution >= 0.6 is 0 Å². The molecule has 0 saturated carbocycles. The highest BCUT2D eigenvalue weighted by molar-refractivity contribution is 6.09. The van der Waals surface area contributed by atoms with E-state index in [0.29, 0.717) is 30.3 Å². The van der Waals surface area contributed by atoms with Crippen LogP contribution in [0.2, 0.25) is 0 Å².